The summed E-state index contributed by atoms with van der Waals surface area (Å²) in [5, 5.41) is 5.49. The Morgan fingerprint density at radius 1 is 1.12 bits per heavy atom. The molecule has 0 radical (unpaired) electrons. The Bertz CT molecular complexity index is 803. The summed E-state index contributed by atoms with van der Waals surface area (Å²) in [6, 6.07) is 12.6. The van der Waals surface area contributed by atoms with Crippen molar-refractivity contribution in [1.29, 1.82) is 0 Å². The number of anilines is 1. The lowest BCUT2D eigenvalue weighted by Crippen LogP contribution is -2.33. The van der Waals surface area contributed by atoms with Gasteiger partial charge in [-0.3, -0.25) is 0 Å². The number of nitrogens with zero attached hydrogens (tertiary/aromatic N) is 1. The van der Waals surface area contributed by atoms with Crippen molar-refractivity contribution in [2.75, 3.05) is 18.1 Å². The maximum atomic E-state index is 12.1. The fraction of sp³-hybridized carbons (Fsp3) is 0.333. The minimum Gasteiger partial charge on any atom is -0.337 e. The molecule has 0 saturated heterocycles. The lowest BCUT2D eigenvalue weighted by atomic mass is 9.88. The third-order valence-corrected chi connectivity index (χ3v) is 4.89. The monoisotopic (exact) mass is 361 g/mol. The molecule has 0 fully saturated rings. The van der Waals surface area contributed by atoms with Crippen LogP contribution in [0.2, 0.25) is 0 Å². The van der Waals surface area contributed by atoms with E-state index in [1.165, 1.54) is 23.9 Å². The van der Waals surface area contributed by atoms with Gasteiger partial charge in [-0.2, -0.15) is 0 Å². The van der Waals surface area contributed by atoms with E-state index < -0.39 is 9.84 Å². The summed E-state index contributed by atoms with van der Waals surface area (Å²) in [6.45, 7) is 4.73. The van der Waals surface area contributed by atoms with Crippen molar-refractivity contribution < 1.29 is 13.2 Å². The van der Waals surface area contributed by atoms with E-state index in [-0.39, 0.29) is 17.0 Å². The molecule has 1 heterocycles. The first-order chi connectivity index (χ1) is 11.8. The van der Waals surface area contributed by atoms with E-state index >= 15 is 0 Å². The number of hydrogen-bond acceptors (Lipinski definition) is 4. The summed E-state index contributed by atoms with van der Waals surface area (Å²) in [7, 11) is -3.35. The van der Waals surface area contributed by atoms with Gasteiger partial charge in [0.05, 0.1) is 11.9 Å². The molecule has 1 atom stereocenters. The summed E-state index contributed by atoms with van der Waals surface area (Å²) in [6.07, 6.45) is 2.41. The molecule has 2 aromatic rings. The van der Waals surface area contributed by atoms with E-state index in [4.69, 9.17) is 0 Å². The third kappa shape index (κ3) is 5.56. The van der Waals surface area contributed by atoms with Gasteiger partial charge in [-0.05, 0) is 23.6 Å². The van der Waals surface area contributed by atoms with Crippen LogP contribution < -0.4 is 10.6 Å². The van der Waals surface area contributed by atoms with Crippen molar-refractivity contribution in [1.82, 2.24) is 10.3 Å². The summed E-state index contributed by atoms with van der Waals surface area (Å²) in [5.74, 6) is 0.580. The molecule has 2 rings (SSSR count). The van der Waals surface area contributed by atoms with Gasteiger partial charge in [-0.1, -0.05) is 44.2 Å². The zero-order chi connectivity index (χ0) is 18.4. The van der Waals surface area contributed by atoms with Gasteiger partial charge in [0, 0.05) is 18.7 Å². The summed E-state index contributed by atoms with van der Waals surface area (Å²) in [5.41, 5.74) is 1.61. The number of carbonyl (C=O) groups is 1. The van der Waals surface area contributed by atoms with Crippen LogP contribution in [0.25, 0.3) is 0 Å². The van der Waals surface area contributed by atoms with Crippen molar-refractivity contribution in [2.45, 2.75) is 24.8 Å². The molecule has 0 aliphatic carbocycles. The summed E-state index contributed by atoms with van der Waals surface area (Å²) < 4.78 is 22.8. The number of aromatic nitrogens is 1. The normalized spacial score (nSPS) is 12.6. The van der Waals surface area contributed by atoms with Crippen LogP contribution in [0.15, 0.2) is 53.7 Å². The van der Waals surface area contributed by atoms with E-state index in [1.807, 2.05) is 18.2 Å². The van der Waals surface area contributed by atoms with E-state index in [0.29, 0.717) is 18.2 Å². The Morgan fingerprint density at radius 2 is 1.80 bits per heavy atom. The van der Waals surface area contributed by atoms with Crippen LogP contribution in [0.1, 0.15) is 25.3 Å². The number of rotatable bonds is 6. The molecule has 25 heavy (non-hydrogen) atoms. The molecule has 0 aliphatic rings. The first-order valence-electron chi connectivity index (χ1n) is 8.03. The number of carbonyl (C=O) groups excluding carboxylic acids is 1. The maximum Gasteiger partial charge on any atom is 0.319 e. The standard InChI is InChI=1S/C18H23N3O3S/c1-13(2)16(14-7-5-4-6-8-14)12-20-18(22)21-15-9-10-17(19-11-15)25(3,23)24/h4-11,13,16H,12H2,1-3H3,(H2,20,21,22)/t16-/m0/s1. The van der Waals surface area contributed by atoms with Crippen LogP contribution in [0, 0.1) is 5.92 Å². The second-order valence-electron chi connectivity index (χ2n) is 6.25. The predicted molar refractivity (Wildman–Crippen MR) is 98.4 cm³/mol. The van der Waals surface area contributed by atoms with Crippen molar-refractivity contribution in [2.24, 2.45) is 5.92 Å². The van der Waals surface area contributed by atoms with Crippen molar-refractivity contribution in [3.63, 3.8) is 0 Å². The quantitative estimate of drug-likeness (QED) is 0.828. The lowest BCUT2D eigenvalue weighted by Gasteiger charge is -2.22. The van der Waals surface area contributed by atoms with E-state index in [0.717, 1.165) is 6.26 Å². The lowest BCUT2D eigenvalue weighted by molar-refractivity contribution is 0.250. The molecule has 1 aromatic carbocycles. The van der Waals surface area contributed by atoms with E-state index in [1.54, 1.807) is 0 Å². The molecule has 2 amide bonds. The zero-order valence-electron chi connectivity index (χ0n) is 14.6. The molecular formula is C18H23N3O3S. The van der Waals surface area contributed by atoms with Gasteiger partial charge in [0.2, 0.25) is 0 Å². The van der Waals surface area contributed by atoms with Crippen LogP contribution >= 0.6 is 0 Å². The van der Waals surface area contributed by atoms with Crippen LogP contribution in [0.5, 0.6) is 0 Å². The minimum absolute atomic E-state index is 0.0255. The molecule has 134 valence electrons. The number of benzene rings is 1. The average Bonchev–Trinajstić information content (AvgIpc) is 2.55. The third-order valence-electron chi connectivity index (χ3n) is 3.89. The number of pyridine rings is 1. The Kier molecular flexibility index (Phi) is 6.14. The van der Waals surface area contributed by atoms with Crippen LogP contribution in [-0.2, 0) is 9.84 Å². The maximum absolute atomic E-state index is 12.1. The molecule has 0 spiro atoms. The highest BCUT2D eigenvalue weighted by Gasteiger charge is 2.16. The fourth-order valence-electron chi connectivity index (χ4n) is 2.49. The van der Waals surface area contributed by atoms with Crippen LogP contribution in [0.3, 0.4) is 0 Å². The fourth-order valence-corrected chi connectivity index (χ4v) is 3.05. The highest BCUT2D eigenvalue weighted by Crippen LogP contribution is 2.23. The molecule has 0 saturated carbocycles. The van der Waals surface area contributed by atoms with Gasteiger partial charge in [0.1, 0.15) is 0 Å². The highest BCUT2D eigenvalue weighted by atomic mass is 32.2. The molecule has 1 aromatic heterocycles. The summed E-state index contributed by atoms with van der Waals surface area (Å²) in [4.78, 5) is 15.9. The van der Waals surface area contributed by atoms with Gasteiger partial charge >= 0.3 is 6.03 Å². The number of nitrogens with one attached hydrogen (secondary N) is 2. The van der Waals surface area contributed by atoms with Crippen LogP contribution in [-0.4, -0.2) is 32.2 Å². The Labute approximate surface area is 148 Å². The second kappa shape index (κ2) is 8.11. The highest BCUT2D eigenvalue weighted by molar-refractivity contribution is 7.90. The zero-order valence-corrected chi connectivity index (χ0v) is 15.4. The van der Waals surface area contributed by atoms with Gasteiger partial charge < -0.3 is 10.6 Å². The Hall–Kier alpha value is -2.41. The predicted octanol–water partition coefficient (Wildman–Crippen LogP) is 3.05. The van der Waals surface area contributed by atoms with Gasteiger partial charge in [0.15, 0.2) is 14.9 Å². The number of hydrogen-bond donors (Lipinski definition) is 2. The second-order valence-corrected chi connectivity index (χ2v) is 8.22. The smallest absolute Gasteiger partial charge is 0.319 e. The van der Waals surface area contributed by atoms with Gasteiger partial charge in [0.25, 0.3) is 0 Å². The SMILES string of the molecule is CC(C)[C@H](CNC(=O)Nc1ccc(S(C)(=O)=O)nc1)c1ccccc1. The molecule has 7 heteroatoms. The molecular weight excluding hydrogens is 338 g/mol. The van der Waals surface area contributed by atoms with Gasteiger partial charge in [-0.25, -0.2) is 18.2 Å². The molecule has 6 nitrogen and oxygen atoms in total. The Balaban J connectivity index is 1.95. The first-order valence-corrected chi connectivity index (χ1v) is 9.92. The van der Waals surface area contributed by atoms with Gasteiger partial charge in [-0.15, -0.1) is 0 Å². The largest absolute Gasteiger partial charge is 0.337 e. The molecule has 0 bridgehead atoms. The molecule has 0 unspecified atom stereocenters. The van der Waals surface area contributed by atoms with E-state index in [9.17, 15) is 13.2 Å². The molecule has 0 aliphatic heterocycles. The number of urea groups is 1. The first kappa shape index (κ1) is 18.9. The van der Waals surface area contributed by atoms with Crippen molar-refractivity contribution in [3.8, 4) is 0 Å². The number of sulfone groups is 1. The van der Waals surface area contributed by atoms with Crippen molar-refractivity contribution in [3.05, 3.63) is 54.2 Å². The number of amides is 2. The average molecular weight is 361 g/mol. The Morgan fingerprint density at radius 3 is 2.32 bits per heavy atom. The van der Waals surface area contributed by atoms with E-state index in [2.05, 4.69) is 41.6 Å². The van der Waals surface area contributed by atoms with Crippen molar-refractivity contribution >= 4 is 21.6 Å². The van der Waals surface area contributed by atoms with Crippen LogP contribution in [0.4, 0.5) is 10.5 Å². The minimum atomic E-state index is -3.35. The summed E-state index contributed by atoms with van der Waals surface area (Å²) >= 11 is 0. The molecule has 2 N–H and O–H groups in total. The topological polar surface area (TPSA) is 88.2 Å².